The second-order valence-corrected chi connectivity index (χ2v) is 4.27. The van der Waals surface area contributed by atoms with Crippen molar-refractivity contribution in [3.05, 3.63) is 35.6 Å². The van der Waals surface area contributed by atoms with Crippen LogP contribution in [0.4, 0.5) is 4.39 Å². The zero-order valence-electron chi connectivity index (χ0n) is 10.5. The van der Waals surface area contributed by atoms with Gasteiger partial charge in [-0.15, -0.1) is 0 Å². The molecule has 1 aromatic rings. The molecule has 19 heavy (non-hydrogen) atoms. The van der Waals surface area contributed by atoms with E-state index in [1.165, 1.54) is 24.2 Å². The van der Waals surface area contributed by atoms with E-state index in [1.54, 1.807) is 12.1 Å². The molecule has 1 aliphatic heterocycles. The number of nitrogens with one attached hydrogen (secondary N) is 1. The summed E-state index contributed by atoms with van der Waals surface area (Å²) in [5.41, 5.74) is 1.14. The van der Waals surface area contributed by atoms with Crippen LogP contribution in [0.2, 0.25) is 0 Å². The van der Waals surface area contributed by atoms with Crippen LogP contribution in [0.15, 0.2) is 29.4 Å². The first kappa shape index (κ1) is 13.2. The molecule has 0 saturated carbocycles. The quantitative estimate of drug-likeness (QED) is 0.886. The smallest absolute Gasteiger partial charge is 0.267 e. The molecular formula is C13H14FN3O2. The first-order valence-electron chi connectivity index (χ1n) is 5.93. The minimum Gasteiger partial charge on any atom is -0.347 e. The van der Waals surface area contributed by atoms with Crippen LogP contribution in [0, 0.1) is 5.82 Å². The van der Waals surface area contributed by atoms with Gasteiger partial charge in [0.05, 0.1) is 0 Å². The number of benzene rings is 1. The first-order valence-corrected chi connectivity index (χ1v) is 5.93. The molecule has 0 aromatic heterocycles. The highest BCUT2D eigenvalue weighted by Gasteiger charge is 2.21. The normalized spacial score (nSPS) is 15.2. The molecule has 2 amide bonds. The van der Waals surface area contributed by atoms with Crippen molar-refractivity contribution in [1.29, 1.82) is 0 Å². The summed E-state index contributed by atoms with van der Waals surface area (Å²) in [6, 6.07) is 5.89. The molecule has 0 atom stereocenters. The fourth-order valence-electron chi connectivity index (χ4n) is 1.72. The summed E-state index contributed by atoms with van der Waals surface area (Å²) >= 11 is 0. The number of rotatable bonds is 3. The third kappa shape index (κ3) is 3.37. The van der Waals surface area contributed by atoms with Crippen LogP contribution >= 0.6 is 0 Å². The van der Waals surface area contributed by atoms with Gasteiger partial charge in [-0.2, -0.15) is 5.10 Å². The third-order valence-corrected chi connectivity index (χ3v) is 2.84. The summed E-state index contributed by atoms with van der Waals surface area (Å²) in [6.45, 7) is 0.301. The summed E-state index contributed by atoms with van der Waals surface area (Å²) in [7, 11) is 1.52. The highest BCUT2D eigenvalue weighted by molar-refractivity contribution is 6.39. The van der Waals surface area contributed by atoms with Crippen molar-refractivity contribution in [3.63, 3.8) is 0 Å². The fourth-order valence-corrected chi connectivity index (χ4v) is 1.72. The van der Waals surface area contributed by atoms with Gasteiger partial charge in [0.25, 0.3) is 5.91 Å². The van der Waals surface area contributed by atoms with E-state index in [-0.39, 0.29) is 17.6 Å². The summed E-state index contributed by atoms with van der Waals surface area (Å²) in [4.78, 5) is 23.1. The Labute approximate surface area is 110 Å². The van der Waals surface area contributed by atoms with Gasteiger partial charge in [0, 0.05) is 26.4 Å². The lowest BCUT2D eigenvalue weighted by Gasteiger charge is -2.18. The number of hydrogen-bond acceptors (Lipinski definition) is 3. The molecule has 1 N–H and O–H groups in total. The average Bonchev–Trinajstić information content (AvgIpc) is 2.41. The molecule has 1 heterocycles. The molecular weight excluding hydrogens is 249 g/mol. The number of nitrogens with zero attached hydrogens (tertiary/aromatic N) is 2. The second-order valence-electron chi connectivity index (χ2n) is 4.27. The van der Waals surface area contributed by atoms with Crippen LogP contribution in [-0.4, -0.2) is 29.6 Å². The predicted molar refractivity (Wildman–Crippen MR) is 67.7 cm³/mol. The van der Waals surface area contributed by atoms with E-state index in [2.05, 4.69) is 10.4 Å². The maximum Gasteiger partial charge on any atom is 0.267 e. The number of hydrazone groups is 1. The van der Waals surface area contributed by atoms with Crippen molar-refractivity contribution in [2.75, 3.05) is 7.05 Å². The molecule has 1 aliphatic rings. The SMILES string of the molecule is CN1N=C(C(=O)NCc2ccc(F)cc2)CCC1=O. The van der Waals surface area contributed by atoms with Gasteiger partial charge in [0.15, 0.2) is 0 Å². The van der Waals surface area contributed by atoms with Crippen molar-refractivity contribution in [3.8, 4) is 0 Å². The predicted octanol–water partition coefficient (Wildman–Crippen LogP) is 1.05. The van der Waals surface area contributed by atoms with E-state index in [9.17, 15) is 14.0 Å². The van der Waals surface area contributed by atoms with Gasteiger partial charge in [-0.3, -0.25) is 9.59 Å². The van der Waals surface area contributed by atoms with E-state index < -0.39 is 0 Å². The van der Waals surface area contributed by atoms with Crippen LogP contribution in [0.3, 0.4) is 0 Å². The van der Waals surface area contributed by atoms with Crippen LogP contribution in [0.5, 0.6) is 0 Å². The largest absolute Gasteiger partial charge is 0.347 e. The second kappa shape index (κ2) is 5.60. The average molecular weight is 263 g/mol. The van der Waals surface area contributed by atoms with Gasteiger partial charge >= 0.3 is 0 Å². The van der Waals surface area contributed by atoms with Gasteiger partial charge in [0.2, 0.25) is 5.91 Å². The molecule has 0 radical (unpaired) electrons. The van der Waals surface area contributed by atoms with Gasteiger partial charge < -0.3 is 5.32 Å². The Hall–Kier alpha value is -2.24. The Bertz CT molecular complexity index is 525. The van der Waals surface area contributed by atoms with Crippen molar-refractivity contribution >= 4 is 17.5 Å². The van der Waals surface area contributed by atoms with E-state index in [1.807, 2.05) is 0 Å². The Morgan fingerprint density at radius 3 is 2.68 bits per heavy atom. The standard InChI is InChI=1S/C13H14FN3O2/c1-17-12(18)7-6-11(16-17)13(19)15-8-9-2-4-10(14)5-3-9/h2-5H,6-8H2,1H3,(H,15,19). The lowest BCUT2D eigenvalue weighted by Crippen LogP contribution is -2.37. The Morgan fingerprint density at radius 2 is 2.05 bits per heavy atom. The van der Waals surface area contributed by atoms with Crippen molar-refractivity contribution in [1.82, 2.24) is 10.3 Å². The third-order valence-electron chi connectivity index (χ3n) is 2.84. The fraction of sp³-hybridized carbons (Fsp3) is 0.308. The molecule has 0 bridgehead atoms. The molecule has 6 heteroatoms. The summed E-state index contributed by atoms with van der Waals surface area (Å²) in [5.74, 6) is -0.717. The van der Waals surface area contributed by atoms with Crippen molar-refractivity contribution < 1.29 is 14.0 Å². The lowest BCUT2D eigenvalue weighted by molar-refractivity contribution is -0.130. The maximum absolute atomic E-state index is 12.7. The van der Waals surface area contributed by atoms with Gasteiger partial charge in [-0.1, -0.05) is 12.1 Å². The Morgan fingerprint density at radius 1 is 1.37 bits per heavy atom. The van der Waals surface area contributed by atoms with E-state index in [0.717, 1.165) is 5.56 Å². The molecule has 0 fully saturated rings. The van der Waals surface area contributed by atoms with Gasteiger partial charge in [-0.05, 0) is 17.7 Å². The molecule has 100 valence electrons. The summed E-state index contributed by atoms with van der Waals surface area (Å²) < 4.78 is 12.7. The van der Waals surface area contributed by atoms with Gasteiger partial charge in [-0.25, -0.2) is 9.40 Å². The zero-order valence-corrected chi connectivity index (χ0v) is 10.5. The minimum atomic E-state index is -0.313. The van der Waals surface area contributed by atoms with Crippen molar-refractivity contribution in [2.45, 2.75) is 19.4 Å². The number of carbonyl (C=O) groups excluding carboxylic acids is 2. The monoisotopic (exact) mass is 263 g/mol. The zero-order chi connectivity index (χ0) is 13.8. The number of amides is 2. The van der Waals surface area contributed by atoms with Gasteiger partial charge in [0.1, 0.15) is 11.5 Å². The van der Waals surface area contributed by atoms with Crippen LogP contribution < -0.4 is 5.32 Å². The molecule has 0 aliphatic carbocycles. The number of halogens is 1. The Balaban J connectivity index is 1.93. The molecule has 0 spiro atoms. The summed E-state index contributed by atoms with van der Waals surface area (Å²) in [6.07, 6.45) is 0.637. The molecule has 5 nitrogen and oxygen atoms in total. The minimum absolute atomic E-state index is 0.102. The topological polar surface area (TPSA) is 61.8 Å². The number of hydrogen-bond donors (Lipinski definition) is 1. The van der Waals surface area contributed by atoms with Crippen LogP contribution in [0.25, 0.3) is 0 Å². The molecule has 2 rings (SSSR count). The number of carbonyl (C=O) groups is 2. The lowest BCUT2D eigenvalue weighted by atomic mass is 10.1. The summed E-state index contributed by atoms with van der Waals surface area (Å²) in [5, 5.41) is 7.79. The molecule has 0 unspecified atom stereocenters. The Kier molecular flexibility index (Phi) is 3.89. The molecule has 1 aromatic carbocycles. The highest BCUT2D eigenvalue weighted by atomic mass is 19.1. The van der Waals surface area contributed by atoms with Crippen LogP contribution in [-0.2, 0) is 16.1 Å². The first-order chi connectivity index (χ1) is 9.06. The van der Waals surface area contributed by atoms with E-state index in [4.69, 9.17) is 0 Å². The maximum atomic E-state index is 12.7. The highest BCUT2D eigenvalue weighted by Crippen LogP contribution is 2.07. The van der Waals surface area contributed by atoms with E-state index >= 15 is 0 Å². The van der Waals surface area contributed by atoms with Crippen molar-refractivity contribution in [2.24, 2.45) is 5.10 Å². The molecule has 0 saturated heterocycles. The van der Waals surface area contributed by atoms with Crippen LogP contribution in [0.1, 0.15) is 18.4 Å². The van der Waals surface area contributed by atoms with E-state index in [0.29, 0.717) is 25.1 Å².